The molecule has 0 aromatic heterocycles. The molecule has 2 atom stereocenters. The zero-order chi connectivity index (χ0) is 20.6. The predicted octanol–water partition coefficient (Wildman–Crippen LogP) is 1.32. The summed E-state index contributed by atoms with van der Waals surface area (Å²) in [4.78, 5) is 45.3. The normalized spacial score (nSPS) is 25.1. The van der Waals surface area contributed by atoms with E-state index in [1.807, 2.05) is 24.3 Å². The molecule has 156 valence electrons. The molecule has 0 aliphatic carbocycles. The number of esters is 1. The smallest absolute Gasteiger partial charge is 0.311 e. The van der Waals surface area contributed by atoms with Crippen LogP contribution in [-0.4, -0.2) is 66.2 Å². The molecule has 0 radical (unpaired) electrons. The van der Waals surface area contributed by atoms with Crippen molar-refractivity contribution >= 4 is 17.8 Å². The van der Waals surface area contributed by atoms with Gasteiger partial charge in [-0.05, 0) is 31.4 Å². The lowest BCUT2D eigenvalue weighted by atomic mass is 9.77. The van der Waals surface area contributed by atoms with Crippen molar-refractivity contribution in [3.8, 4) is 5.75 Å². The molecule has 3 aliphatic heterocycles. The van der Waals surface area contributed by atoms with E-state index in [0.29, 0.717) is 39.0 Å². The molecule has 0 bridgehead atoms. The molecule has 3 heterocycles. The lowest BCUT2D eigenvalue weighted by molar-refractivity contribution is -0.221. The Kier molecular flexibility index (Phi) is 5.21. The summed E-state index contributed by atoms with van der Waals surface area (Å²) >= 11 is 0. The molecule has 2 amide bonds. The second-order valence-corrected chi connectivity index (χ2v) is 7.73. The number of likely N-dealkylation sites (tertiary alicyclic amines) is 1. The van der Waals surface area contributed by atoms with Crippen molar-refractivity contribution in [3.63, 3.8) is 0 Å². The third-order valence-corrected chi connectivity index (χ3v) is 6.27. The van der Waals surface area contributed by atoms with E-state index in [2.05, 4.69) is 0 Å². The number of para-hydroxylation sites is 1. The van der Waals surface area contributed by atoms with Crippen molar-refractivity contribution in [2.24, 2.45) is 5.92 Å². The number of ether oxygens (including phenoxy) is 2. The van der Waals surface area contributed by atoms with Gasteiger partial charge in [0.25, 0.3) is 5.91 Å². The van der Waals surface area contributed by atoms with Gasteiger partial charge in [-0.1, -0.05) is 18.2 Å². The Morgan fingerprint density at radius 3 is 2.59 bits per heavy atom. The summed E-state index contributed by atoms with van der Waals surface area (Å²) in [5, 5.41) is 1.37. The van der Waals surface area contributed by atoms with Gasteiger partial charge in [0.15, 0.2) is 6.10 Å². The minimum absolute atomic E-state index is 0.0575. The van der Waals surface area contributed by atoms with Gasteiger partial charge in [-0.15, -0.1) is 0 Å². The second kappa shape index (κ2) is 7.67. The first-order chi connectivity index (χ1) is 14.0. The quantitative estimate of drug-likeness (QED) is 0.707. The molecule has 1 aromatic rings. The number of carbonyl (C=O) groups is 3. The highest BCUT2D eigenvalue weighted by Crippen LogP contribution is 2.44. The predicted molar refractivity (Wildman–Crippen MR) is 102 cm³/mol. The average Bonchev–Trinajstić information content (AvgIpc) is 3.29. The van der Waals surface area contributed by atoms with E-state index in [0.717, 1.165) is 11.3 Å². The fraction of sp³-hybridized carbons (Fsp3) is 0.571. The van der Waals surface area contributed by atoms with Crippen LogP contribution in [-0.2, 0) is 30.4 Å². The van der Waals surface area contributed by atoms with Crippen LogP contribution in [0.15, 0.2) is 24.3 Å². The van der Waals surface area contributed by atoms with Gasteiger partial charge >= 0.3 is 5.97 Å². The van der Waals surface area contributed by atoms with E-state index < -0.39 is 23.5 Å². The summed E-state index contributed by atoms with van der Waals surface area (Å²) in [5.74, 6) is -0.505. The summed E-state index contributed by atoms with van der Waals surface area (Å²) in [6.07, 6.45) is 1.03. The summed E-state index contributed by atoms with van der Waals surface area (Å²) in [6.45, 7) is 3.00. The van der Waals surface area contributed by atoms with Gasteiger partial charge in [0.2, 0.25) is 5.91 Å². The number of methoxy groups -OCH3 is 1. The van der Waals surface area contributed by atoms with E-state index in [1.165, 1.54) is 12.2 Å². The number of benzene rings is 1. The van der Waals surface area contributed by atoms with E-state index in [4.69, 9.17) is 14.3 Å². The Labute approximate surface area is 169 Å². The molecule has 1 aromatic carbocycles. The van der Waals surface area contributed by atoms with Crippen LogP contribution >= 0.6 is 0 Å². The highest BCUT2D eigenvalue weighted by molar-refractivity contribution is 5.88. The number of amides is 2. The van der Waals surface area contributed by atoms with Gasteiger partial charge in [0.1, 0.15) is 5.75 Å². The molecule has 2 fully saturated rings. The molecular weight excluding hydrogens is 376 g/mol. The van der Waals surface area contributed by atoms with Gasteiger partial charge < -0.3 is 14.4 Å². The maximum atomic E-state index is 13.0. The Morgan fingerprint density at radius 1 is 1.21 bits per heavy atom. The second-order valence-electron chi connectivity index (χ2n) is 7.73. The molecule has 8 heteroatoms. The highest BCUT2D eigenvalue weighted by Gasteiger charge is 2.58. The van der Waals surface area contributed by atoms with Crippen molar-refractivity contribution in [1.82, 2.24) is 9.96 Å². The van der Waals surface area contributed by atoms with Crippen molar-refractivity contribution in [1.29, 1.82) is 0 Å². The average molecular weight is 402 g/mol. The molecule has 0 unspecified atom stereocenters. The zero-order valence-electron chi connectivity index (χ0n) is 16.8. The van der Waals surface area contributed by atoms with Crippen molar-refractivity contribution in [2.45, 2.75) is 44.2 Å². The number of nitrogens with zero attached hydrogens (tertiary/aromatic N) is 2. The minimum atomic E-state index is -0.767. The number of hydroxylamine groups is 2. The van der Waals surface area contributed by atoms with E-state index in [9.17, 15) is 14.4 Å². The van der Waals surface area contributed by atoms with Crippen LogP contribution in [0.1, 0.15) is 31.7 Å². The summed E-state index contributed by atoms with van der Waals surface area (Å²) in [6, 6.07) is 7.67. The topological polar surface area (TPSA) is 85.4 Å². The molecular formula is C21H26N2O6. The third kappa shape index (κ3) is 3.25. The molecule has 3 aliphatic rings. The number of hydrogen-bond acceptors (Lipinski definition) is 6. The first-order valence-electron chi connectivity index (χ1n) is 10.1. The minimum Gasteiger partial charge on any atom is -0.480 e. The first kappa shape index (κ1) is 19.7. The van der Waals surface area contributed by atoms with Gasteiger partial charge in [0.05, 0.1) is 25.2 Å². The highest BCUT2D eigenvalue weighted by atomic mass is 16.7. The van der Waals surface area contributed by atoms with E-state index >= 15 is 0 Å². The van der Waals surface area contributed by atoms with Gasteiger partial charge in [0, 0.05) is 25.9 Å². The van der Waals surface area contributed by atoms with Crippen LogP contribution in [0.4, 0.5) is 0 Å². The van der Waals surface area contributed by atoms with Crippen LogP contribution < -0.4 is 4.74 Å². The maximum absolute atomic E-state index is 13.0. The molecule has 1 spiro atoms. The number of fused-ring (bicyclic) bond motifs is 1. The maximum Gasteiger partial charge on any atom is 0.311 e. The van der Waals surface area contributed by atoms with Crippen molar-refractivity contribution in [3.05, 3.63) is 29.8 Å². The fourth-order valence-electron chi connectivity index (χ4n) is 4.80. The van der Waals surface area contributed by atoms with E-state index in [1.54, 1.807) is 11.8 Å². The molecule has 8 nitrogen and oxygen atoms in total. The molecule has 4 rings (SSSR count). The Hall–Kier alpha value is -2.61. The van der Waals surface area contributed by atoms with Crippen LogP contribution in [0, 0.1) is 5.92 Å². The summed E-state index contributed by atoms with van der Waals surface area (Å²) in [7, 11) is 1.33. The molecule has 2 saturated heterocycles. The van der Waals surface area contributed by atoms with Crippen molar-refractivity contribution < 1.29 is 28.7 Å². The fourth-order valence-corrected chi connectivity index (χ4v) is 4.80. The van der Waals surface area contributed by atoms with Crippen molar-refractivity contribution in [2.75, 3.05) is 26.8 Å². The van der Waals surface area contributed by atoms with Crippen LogP contribution in [0.25, 0.3) is 0 Å². The number of carbonyl (C=O) groups excluding carboxylic acids is 3. The largest absolute Gasteiger partial charge is 0.480 e. The molecule has 0 saturated carbocycles. The molecule has 29 heavy (non-hydrogen) atoms. The number of hydrogen-bond donors (Lipinski definition) is 0. The van der Waals surface area contributed by atoms with Gasteiger partial charge in [-0.3, -0.25) is 19.2 Å². The lowest BCUT2D eigenvalue weighted by Gasteiger charge is -2.45. The Balaban J connectivity index is 1.47. The van der Waals surface area contributed by atoms with Gasteiger partial charge in [-0.25, -0.2) is 5.06 Å². The lowest BCUT2D eigenvalue weighted by Crippen LogP contribution is -2.59. The molecule has 0 N–H and O–H groups in total. The SMILES string of the molecule is CCON1C(=O)C[C@@H](C(=O)OC)C12CCN(C(=O)[C@H]1Cc3ccccc3O1)CC2. The first-order valence-corrected chi connectivity index (χ1v) is 10.1. The standard InChI is InChI=1S/C21H26N2O6/c1-3-28-23-18(24)13-15(20(26)27-2)21(23)8-10-22(11-9-21)19(25)17-12-14-6-4-5-7-16(14)29-17/h4-7,15,17H,3,8-13H2,1-2H3/t15-,17+/m0/s1. The van der Waals surface area contributed by atoms with E-state index in [-0.39, 0.29) is 18.2 Å². The van der Waals surface area contributed by atoms with Crippen LogP contribution in [0.2, 0.25) is 0 Å². The number of rotatable bonds is 4. The Bertz CT molecular complexity index is 792. The van der Waals surface area contributed by atoms with Gasteiger partial charge in [-0.2, -0.15) is 0 Å². The monoisotopic (exact) mass is 402 g/mol. The number of piperidine rings is 1. The Morgan fingerprint density at radius 2 is 1.93 bits per heavy atom. The third-order valence-electron chi connectivity index (χ3n) is 6.27. The van der Waals surface area contributed by atoms with Crippen LogP contribution in [0.3, 0.4) is 0 Å². The zero-order valence-corrected chi connectivity index (χ0v) is 16.8. The summed E-state index contributed by atoms with van der Waals surface area (Å²) < 4.78 is 10.8. The van der Waals surface area contributed by atoms with Crippen LogP contribution in [0.5, 0.6) is 5.75 Å². The summed E-state index contributed by atoms with van der Waals surface area (Å²) in [5.41, 5.74) is 0.269.